The second-order valence-corrected chi connectivity index (χ2v) is 6.84. The Bertz CT molecular complexity index is 1050. The minimum Gasteiger partial charge on any atom is -0.346 e. The molecule has 0 unspecified atom stereocenters. The summed E-state index contributed by atoms with van der Waals surface area (Å²) in [5.41, 5.74) is 3.38. The molecule has 0 aliphatic carbocycles. The maximum Gasteiger partial charge on any atom is 0.272 e. The van der Waals surface area contributed by atoms with E-state index in [1.54, 1.807) is 36.0 Å². The molecule has 2 heterocycles. The zero-order valence-corrected chi connectivity index (χ0v) is 16.8. The molecule has 0 spiro atoms. The van der Waals surface area contributed by atoms with Crippen LogP contribution in [0.2, 0.25) is 5.02 Å². The standard InChI is InChI=1S/C19H21ClN6O2/c1-11-14(12(2)25(3)23-11)10-21-19(28)16-9-17(26(4)24-16)22-18(27)13-7-5-6-8-15(13)20/h5-9H,10H2,1-4H3,(H,21,28)(H,22,27). The SMILES string of the molecule is Cc1nn(C)c(C)c1CNC(=O)c1cc(NC(=O)c2ccccc2Cl)n(C)n1. The average molecular weight is 401 g/mol. The number of anilines is 1. The van der Waals surface area contributed by atoms with Gasteiger partial charge in [0.15, 0.2) is 5.69 Å². The Balaban J connectivity index is 1.70. The van der Waals surface area contributed by atoms with Crippen LogP contribution in [0, 0.1) is 13.8 Å². The molecule has 0 radical (unpaired) electrons. The summed E-state index contributed by atoms with van der Waals surface area (Å²) in [5.74, 6) is -0.317. The Kier molecular flexibility index (Phi) is 5.51. The maximum atomic E-state index is 12.5. The molecule has 0 aliphatic heterocycles. The second-order valence-electron chi connectivity index (χ2n) is 6.43. The van der Waals surface area contributed by atoms with Crippen molar-refractivity contribution in [3.8, 4) is 0 Å². The molecule has 1 aromatic carbocycles. The largest absolute Gasteiger partial charge is 0.346 e. The van der Waals surface area contributed by atoms with Gasteiger partial charge in [0.1, 0.15) is 5.82 Å². The van der Waals surface area contributed by atoms with Gasteiger partial charge in [-0.15, -0.1) is 0 Å². The fraction of sp³-hybridized carbons (Fsp3) is 0.263. The number of benzene rings is 1. The van der Waals surface area contributed by atoms with E-state index < -0.39 is 0 Å². The summed E-state index contributed by atoms with van der Waals surface area (Å²) in [6, 6.07) is 8.26. The van der Waals surface area contributed by atoms with E-state index in [-0.39, 0.29) is 17.5 Å². The summed E-state index contributed by atoms with van der Waals surface area (Å²) in [6.07, 6.45) is 0. The van der Waals surface area contributed by atoms with Crippen molar-refractivity contribution in [3.63, 3.8) is 0 Å². The van der Waals surface area contributed by atoms with Gasteiger partial charge in [-0.1, -0.05) is 23.7 Å². The number of carbonyl (C=O) groups is 2. The highest BCUT2D eigenvalue weighted by Crippen LogP contribution is 2.18. The van der Waals surface area contributed by atoms with Crippen LogP contribution in [0.15, 0.2) is 30.3 Å². The monoisotopic (exact) mass is 400 g/mol. The van der Waals surface area contributed by atoms with Crippen molar-refractivity contribution >= 4 is 29.2 Å². The molecule has 9 heteroatoms. The molecule has 0 saturated carbocycles. The molecule has 3 aromatic rings. The molecule has 2 N–H and O–H groups in total. The number of amides is 2. The number of hydrogen-bond acceptors (Lipinski definition) is 4. The summed E-state index contributed by atoms with van der Waals surface area (Å²) in [4.78, 5) is 24.9. The Labute approximate surface area is 167 Å². The van der Waals surface area contributed by atoms with Crippen molar-refractivity contribution in [3.05, 3.63) is 63.6 Å². The van der Waals surface area contributed by atoms with Crippen LogP contribution in [0.25, 0.3) is 0 Å². The fourth-order valence-corrected chi connectivity index (χ4v) is 3.08. The quantitative estimate of drug-likeness (QED) is 0.688. The van der Waals surface area contributed by atoms with Crippen LogP contribution in [-0.4, -0.2) is 31.4 Å². The van der Waals surface area contributed by atoms with Crippen LogP contribution in [-0.2, 0) is 20.6 Å². The van der Waals surface area contributed by atoms with Crippen molar-refractivity contribution < 1.29 is 9.59 Å². The van der Waals surface area contributed by atoms with Gasteiger partial charge in [0.2, 0.25) is 0 Å². The third-order valence-corrected chi connectivity index (χ3v) is 4.89. The molecule has 0 fully saturated rings. The van der Waals surface area contributed by atoms with Crippen LogP contribution in [0.1, 0.15) is 37.8 Å². The van der Waals surface area contributed by atoms with E-state index in [1.165, 1.54) is 10.7 Å². The van der Waals surface area contributed by atoms with E-state index in [2.05, 4.69) is 20.8 Å². The average Bonchev–Trinajstić information content (AvgIpc) is 3.13. The van der Waals surface area contributed by atoms with E-state index in [9.17, 15) is 9.59 Å². The maximum absolute atomic E-state index is 12.5. The lowest BCUT2D eigenvalue weighted by Crippen LogP contribution is -2.24. The first-order valence-corrected chi connectivity index (χ1v) is 9.03. The molecule has 0 saturated heterocycles. The molecule has 28 heavy (non-hydrogen) atoms. The van der Waals surface area contributed by atoms with Gasteiger partial charge in [-0.05, 0) is 26.0 Å². The van der Waals surface area contributed by atoms with Gasteiger partial charge in [-0.2, -0.15) is 10.2 Å². The zero-order valence-electron chi connectivity index (χ0n) is 16.1. The predicted molar refractivity (Wildman–Crippen MR) is 106 cm³/mol. The zero-order chi connectivity index (χ0) is 20.4. The molecule has 0 atom stereocenters. The number of carbonyl (C=O) groups excluding carboxylic acids is 2. The summed E-state index contributed by atoms with van der Waals surface area (Å²) in [5, 5.41) is 14.4. The minimum atomic E-state index is -0.373. The molecular weight excluding hydrogens is 380 g/mol. The highest BCUT2D eigenvalue weighted by molar-refractivity contribution is 6.34. The van der Waals surface area contributed by atoms with Crippen LogP contribution in [0.4, 0.5) is 5.82 Å². The molecule has 2 aromatic heterocycles. The smallest absolute Gasteiger partial charge is 0.272 e. The summed E-state index contributed by atoms with van der Waals surface area (Å²) < 4.78 is 3.21. The van der Waals surface area contributed by atoms with E-state index in [0.29, 0.717) is 22.9 Å². The Morgan fingerprint density at radius 1 is 1.07 bits per heavy atom. The third-order valence-electron chi connectivity index (χ3n) is 4.56. The topological polar surface area (TPSA) is 93.8 Å². The third kappa shape index (κ3) is 3.91. The second kappa shape index (κ2) is 7.85. The normalized spacial score (nSPS) is 10.8. The van der Waals surface area contributed by atoms with Crippen LogP contribution in [0.5, 0.6) is 0 Å². The summed E-state index contributed by atoms with van der Waals surface area (Å²) >= 11 is 6.05. The number of hydrogen-bond donors (Lipinski definition) is 2. The van der Waals surface area contributed by atoms with Crippen molar-refractivity contribution in [2.75, 3.05) is 5.32 Å². The van der Waals surface area contributed by atoms with Crippen molar-refractivity contribution in [2.24, 2.45) is 14.1 Å². The number of nitrogens with zero attached hydrogens (tertiary/aromatic N) is 4. The van der Waals surface area contributed by atoms with Crippen LogP contribution >= 0.6 is 11.6 Å². The number of nitrogens with one attached hydrogen (secondary N) is 2. The lowest BCUT2D eigenvalue weighted by atomic mass is 10.2. The Morgan fingerprint density at radius 3 is 2.43 bits per heavy atom. The van der Waals surface area contributed by atoms with Crippen LogP contribution in [0.3, 0.4) is 0 Å². The molecule has 0 bridgehead atoms. The minimum absolute atomic E-state index is 0.205. The number of aryl methyl sites for hydroxylation is 3. The Hall–Kier alpha value is -3.13. The summed E-state index contributed by atoms with van der Waals surface area (Å²) in [6.45, 7) is 4.20. The Morgan fingerprint density at radius 2 is 1.79 bits per heavy atom. The lowest BCUT2D eigenvalue weighted by Gasteiger charge is -2.06. The molecular formula is C19H21ClN6O2. The molecule has 146 valence electrons. The van der Waals surface area contributed by atoms with Gasteiger partial charge in [0.25, 0.3) is 11.8 Å². The van der Waals surface area contributed by atoms with E-state index in [1.807, 2.05) is 20.9 Å². The van der Waals surface area contributed by atoms with Gasteiger partial charge in [-0.3, -0.25) is 19.0 Å². The van der Waals surface area contributed by atoms with Crippen molar-refractivity contribution in [2.45, 2.75) is 20.4 Å². The van der Waals surface area contributed by atoms with Gasteiger partial charge in [0, 0.05) is 38.0 Å². The highest BCUT2D eigenvalue weighted by atomic mass is 35.5. The van der Waals surface area contributed by atoms with Gasteiger partial charge >= 0.3 is 0 Å². The predicted octanol–water partition coefficient (Wildman–Crippen LogP) is 2.61. The first-order valence-electron chi connectivity index (χ1n) is 8.65. The molecule has 2 amide bonds. The molecule has 0 aliphatic rings. The van der Waals surface area contributed by atoms with Gasteiger partial charge in [0.05, 0.1) is 16.3 Å². The van der Waals surface area contributed by atoms with Crippen LogP contribution < -0.4 is 10.6 Å². The first kappa shape index (κ1) is 19.6. The first-order chi connectivity index (χ1) is 13.3. The molecule has 8 nitrogen and oxygen atoms in total. The molecule has 3 rings (SSSR count). The fourth-order valence-electron chi connectivity index (χ4n) is 2.86. The lowest BCUT2D eigenvalue weighted by molar-refractivity contribution is 0.0944. The summed E-state index contributed by atoms with van der Waals surface area (Å²) in [7, 11) is 3.51. The van der Waals surface area contributed by atoms with E-state index in [0.717, 1.165) is 17.0 Å². The van der Waals surface area contributed by atoms with Gasteiger partial charge < -0.3 is 10.6 Å². The number of halogens is 1. The van der Waals surface area contributed by atoms with E-state index >= 15 is 0 Å². The van der Waals surface area contributed by atoms with Gasteiger partial charge in [-0.25, -0.2) is 0 Å². The number of rotatable bonds is 5. The van der Waals surface area contributed by atoms with E-state index in [4.69, 9.17) is 11.6 Å². The van der Waals surface area contributed by atoms with Crippen molar-refractivity contribution in [1.29, 1.82) is 0 Å². The highest BCUT2D eigenvalue weighted by Gasteiger charge is 2.17. The number of aromatic nitrogens is 4. The van der Waals surface area contributed by atoms with Crippen molar-refractivity contribution in [1.82, 2.24) is 24.9 Å².